The van der Waals surface area contributed by atoms with E-state index in [-0.39, 0.29) is 5.68 Å². The zero-order chi connectivity index (χ0) is 30.6. The summed E-state index contributed by atoms with van der Waals surface area (Å²) in [5.74, 6) is -0.710. The quantitative estimate of drug-likeness (QED) is 0.272. The highest BCUT2D eigenvalue weighted by molar-refractivity contribution is 5.92. The molecule has 0 saturated carbocycles. The third-order valence-electron chi connectivity index (χ3n) is 3.90. The molecule has 0 saturated heterocycles. The van der Waals surface area contributed by atoms with E-state index in [9.17, 15) is 33.6 Å². The lowest BCUT2D eigenvalue weighted by Gasteiger charge is -2.12. The Hall–Kier alpha value is -4.84. The first-order valence-corrected chi connectivity index (χ1v) is 10.3. The van der Waals surface area contributed by atoms with Gasteiger partial charge >= 0.3 is 47.4 Å². The maximum atomic E-state index is 11.2. The number of hydrogen-bond donors (Lipinski definition) is 4. The molecular weight excluding hydrogens is 514 g/mol. The van der Waals surface area contributed by atoms with Gasteiger partial charge in [0.2, 0.25) is 0 Å². The summed E-state index contributed by atoms with van der Waals surface area (Å²) in [6, 6.07) is -1.36. The summed E-state index contributed by atoms with van der Waals surface area (Å²) in [6.45, 7) is 0. The van der Waals surface area contributed by atoms with Gasteiger partial charge in [0, 0.05) is 63.4 Å². The maximum absolute atomic E-state index is 11.2. The highest BCUT2D eigenvalue weighted by Gasteiger charge is 2.14. The molecule has 0 fully saturated rings. The molecule has 0 atom stereocenters. The van der Waals surface area contributed by atoms with Crippen LogP contribution in [0.2, 0.25) is 0 Å². The molecule has 0 radical (unpaired) electrons. The van der Waals surface area contributed by atoms with Crippen LogP contribution in [0.3, 0.4) is 0 Å². The predicted octanol–water partition coefficient (Wildman–Crippen LogP) is -2.20. The Bertz CT molecular complexity index is 1040. The molecule has 0 spiro atoms. The molecular formula is C19H37N9O10. The number of methoxy groups -OCH3 is 2. The second-order valence-corrected chi connectivity index (χ2v) is 6.27. The minimum absolute atomic E-state index is 0.0168. The Morgan fingerprint density at radius 3 is 1.47 bits per heavy atom. The van der Waals surface area contributed by atoms with Crippen molar-refractivity contribution in [3.63, 3.8) is 0 Å². The lowest BCUT2D eigenvalue weighted by atomic mass is 10.7. The largest absolute Gasteiger partial charge is 0.453 e. The number of rotatable bonds is 0. The van der Waals surface area contributed by atoms with Crippen molar-refractivity contribution < 1.29 is 37.9 Å². The van der Waals surface area contributed by atoms with Gasteiger partial charge in [0.05, 0.1) is 14.2 Å². The van der Waals surface area contributed by atoms with E-state index in [1.165, 1.54) is 77.6 Å². The Morgan fingerprint density at radius 1 is 0.763 bits per heavy atom. The van der Waals surface area contributed by atoms with Gasteiger partial charge in [-0.15, -0.1) is 0 Å². The molecule has 19 nitrogen and oxygen atoms in total. The molecule has 218 valence electrons. The van der Waals surface area contributed by atoms with Gasteiger partial charge in [-0.1, -0.05) is 0 Å². The lowest BCUT2D eigenvalue weighted by Crippen LogP contribution is -2.44. The molecule has 0 aromatic carbocycles. The average molecular weight is 552 g/mol. The molecule has 1 aromatic rings. The van der Waals surface area contributed by atoms with Gasteiger partial charge in [0.25, 0.3) is 0 Å². The summed E-state index contributed by atoms with van der Waals surface area (Å²) in [6.07, 6.45) is -1.09. The second kappa shape index (κ2) is 20.4. The van der Waals surface area contributed by atoms with Gasteiger partial charge in [0.1, 0.15) is 0 Å². The molecule has 0 unspecified atom stereocenters. The van der Waals surface area contributed by atoms with Crippen molar-refractivity contribution in [1.29, 1.82) is 0 Å². The molecule has 0 aliphatic heterocycles. The average Bonchev–Trinajstić information content (AvgIpc) is 2.95. The summed E-state index contributed by atoms with van der Waals surface area (Å²) in [5.41, 5.74) is -0.435. The van der Waals surface area contributed by atoms with Crippen LogP contribution in [0, 0.1) is 0 Å². The van der Waals surface area contributed by atoms with E-state index in [4.69, 9.17) is 0 Å². The number of nitrogens with one attached hydrogen (secondary N) is 4. The maximum Gasteiger partial charge on any atom is 0.425 e. The van der Waals surface area contributed by atoms with Gasteiger partial charge in [0.15, 0.2) is 0 Å². The zero-order valence-electron chi connectivity index (χ0n) is 23.3. The molecule has 38 heavy (non-hydrogen) atoms. The van der Waals surface area contributed by atoms with Crippen LogP contribution in [0.25, 0.3) is 0 Å². The first kappa shape index (κ1) is 37.7. The molecule has 4 N–H and O–H groups in total. The van der Waals surface area contributed by atoms with Crippen LogP contribution in [0.15, 0.2) is 19.0 Å². The fourth-order valence-corrected chi connectivity index (χ4v) is 1.71. The Balaban J connectivity index is -0.000000441. The standard InChI is InChI=1S/C6H9N3O3.C5H11N3O2.C5H10N2O3.C3H7NO2/c1-7-4-8(2)5(10)9(3)6(11)12-4;1-6-4(9)8(3)5(10)7-2;1-6-4(8)7(2)5(9)10-3;1-4-3(5)6-2/h1-3H3;1-3H3,(H,6,9)(H,7,10);1-3H3,(H,6,8);1-2H3,(H,4,5). The summed E-state index contributed by atoms with van der Waals surface area (Å²) in [5, 5.41) is 9.13. The number of aromatic nitrogens is 2. The molecule has 0 bridgehead atoms. The van der Waals surface area contributed by atoms with Gasteiger partial charge in [-0.05, 0) is 0 Å². The Labute approximate surface area is 218 Å². The summed E-state index contributed by atoms with van der Waals surface area (Å²) in [7, 11) is 15.4. The number of carbonyl (C=O) groups excluding carboxylic acids is 5. The van der Waals surface area contributed by atoms with E-state index in [0.29, 0.717) is 0 Å². The monoisotopic (exact) mass is 551 g/mol. The molecule has 8 amide bonds. The lowest BCUT2D eigenvalue weighted by molar-refractivity contribution is 0.137. The molecule has 0 aliphatic rings. The third-order valence-corrected chi connectivity index (χ3v) is 3.90. The predicted molar refractivity (Wildman–Crippen MR) is 133 cm³/mol. The van der Waals surface area contributed by atoms with Crippen molar-refractivity contribution in [1.82, 2.24) is 40.2 Å². The normalized spacial score (nSPS) is 9.29. The minimum atomic E-state index is -0.710. The minimum Gasteiger partial charge on any atom is -0.453 e. The fourth-order valence-electron chi connectivity index (χ4n) is 1.71. The number of hydrogen-bond acceptors (Lipinski definition) is 11. The SMILES string of the molecule is CN=c1oc(=O)n(C)c(=O)n1C.CNC(=O)N(C)C(=O)NC.CNC(=O)N(C)C(=O)OC.CNC(=O)OC. The van der Waals surface area contributed by atoms with E-state index in [1.807, 2.05) is 0 Å². The summed E-state index contributed by atoms with van der Waals surface area (Å²) in [4.78, 5) is 79.8. The second-order valence-electron chi connectivity index (χ2n) is 6.27. The van der Waals surface area contributed by atoms with Crippen LogP contribution in [0.4, 0.5) is 24.0 Å². The Morgan fingerprint density at radius 2 is 1.18 bits per heavy atom. The topological polar surface area (TPSA) is 228 Å². The van der Waals surface area contributed by atoms with E-state index >= 15 is 0 Å². The third kappa shape index (κ3) is 13.9. The molecule has 1 rings (SSSR count). The zero-order valence-corrected chi connectivity index (χ0v) is 23.3. The molecule has 1 aromatic heterocycles. The summed E-state index contributed by atoms with van der Waals surface area (Å²) >= 11 is 0. The van der Waals surface area contributed by atoms with Crippen LogP contribution in [-0.4, -0.2) is 113 Å². The van der Waals surface area contributed by atoms with Crippen molar-refractivity contribution in [2.24, 2.45) is 19.1 Å². The van der Waals surface area contributed by atoms with Crippen molar-refractivity contribution >= 4 is 30.3 Å². The van der Waals surface area contributed by atoms with Crippen LogP contribution >= 0.6 is 0 Å². The van der Waals surface area contributed by atoms with E-state index in [1.54, 1.807) is 0 Å². The van der Waals surface area contributed by atoms with Gasteiger partial charge in [-0.3, -0.25) is 4.57 Å². The van der Waals surface area contributed by atoms with E-state index in [2.05, 4.69) is 40.2 Å². The molecule has 0 aliphatic carbocycles. The van der Waals surface area contributed by atoms with E-state index in [0.717, 1.165) is 18.9 Å². The van der Waals surface area contributed by atoms with Crippen LogP contribution in [0.1, 0.15) is 0 Å². The summed E-state index contributed by atoms with van der Waals surface area (Å²) < 4.78 is 15.1. The fraction of sp³-hybridized carbons (Fsp3) is 0.579. The van der Waals surface area contributed by atoms with E-state index < -0.39 is 41.7 Å². The highest BCUT2D eigenvalue weighted by Crippen LogP contribution is 1.87. The van der Waals surface area contributed by atoms with Crippen LogP contribution < -0.4 is 38.4 Å². The van der Waals surface area contributed by atoms with Gasteiger partial charge in [-0.2, -0.15) is 0 Å². The number of amides is 8. The molecule has 1 heterocycles. The first-order chi connectivity index (χ1) is 17.6. The number of ether oxygens (including phenoxy) is 2. The van der Waals surface area contributed by atoms with Crippen molar-refractivity contribution in [2.45, 2.75) is 0 Å². The first-order valence-electron chi connectivity index (χ1n) is 10.3. The Kier molecular flexibility index (Phi) is 20.2. The van der Waals surface area contributed by atoms with Crippen LogP contribution in [-0.2, 0) is 23.6 Å². The van der Waals surface area contributed by atoms with Crippen molar-refractivity contribution in [2.75, 3.05) is 63.6 Å². The number of alkyl carbamates (subject to hydrolysis) is 1. The van der Waals surface area contributed by atoms with Crippen molar-refractivity contribution in [3.8, 4) is 0 Å². The van der Waals surface area contributed by atoms with Crippen molar-refractivity contribution in [3.05, 3.63) is 26.7 Å². The smallest absolute Gasteiger partial charge is 0.425 e. The number of carbonyl (C=O) groups is 5. The molecule has 19 heteroatoms. The highest BCUT2D eigenvalue weighted by atomic mass is 16.5. The number of urea groups is 3. The van der Waals surface area contributed by atoms with Gasteiger partial charge in [-0.25, -0.2) is 52.9 Å². The number of nitrogens with zero attached hydrogens (tertiary/aromatic N) is 5. The van der Waals surface area contributed by atoms with Gasteiger partial charge < -0.3 is 35.2 Å². The van der Waals surface area contributed by atoms with Crippen LogP contribution in [0.5, 0.6) is 0 Å². The number of imide groups is 2.